The van der Waals surface area contributed by atoms with Crippen molar-refractivity contribution in [3.05, 3.63) is 95.9 Å². The van der Waals surface area contributed by atoms with E-state index in [1.807, 2.05) is 48.2 Å². The second kappa shape index (κ2) is 9.02. The van der Waals surface area contributed by atoms with Crippen molar-refractivity contribution in [3.63, 3.8) is 0 Å². The Bertz CT molecular complexity index is 1320. The lowest BCUT2D eigenvalue weighted by Gasteiger charge is -2.36. The maximum Gasteiger partial charge on any atom is 0.257 e. The summed E-state index contributed by atoms with van der Waals surface area (Å²) in [6, 6.07) is 21.1. The van der Waals surface area contributed by atoms with Crippen LogP contribution in [0.2, 0.25) is 0 Å². The molecule has 0 spiro atoms. The van der Waals surface area contributed by atoms with Gasteiger partial charge >= 0.3 is 0 Å². The monoisotopic (exact) mass is 456 g/mol. The lowest BCUT2D eigenvalue weighted by Crippen LogP contribution is -2.48. The summed E-state index contributed by atoms with van der Waals surface area (Å²) >= 11 is 0. The maximum absolute atomic E-state index is 13.6. The van der Waals surface area contributed by atoms with E-state index >= 15 is 0 Å². The number of halogens is 1. The van der Waals surface area contributed by atoms with Crippen molar-refractivity contribution in [2.45, 2.75) is 6.92 Å². The Hall–Kier alpha value is -4.13. The fourth-order valence-corrected chi connectivity index (χ4v) is 4.29. The lowest BCUT2D eigenvalue weighted by atomic mass is 10.0. The molecule has 1 saturated heterocycles. The van der Waals surface area contributed by atoms with Gasteiger partial charge in [-0.3, -0.25) is 4.79 Å². The lowest BCUT2D eigenvalue weighted by molar-refractivity contribution is 0.0747. The number of hydrogen-bond donors (Lipinski definition) is 1. The zero-order valence-corrected chi connectivity index (χ0v) is 18.9. The normalized spacial score (nSPS) is 13.8. The molecular formula is C27H25FN4O2. The number of piperazine rings is 1. The average molecular weight is 457 g/mol. The van der Waals surface area contributed by atoms with Crippen LogP contribution in [0, 0.1) is 12.7 Å². The molecule has 0 saturated carbocycles. The van der Waals surface area contributed by atoms with Gasteiger partial charge in [0.25, 0.3) is 5.91 Å². The van der Waals surface area contributed by atoms with Crippen LogP contribution in [0.15, 0.2) is 79.0 Å². The fourth-order valence-electron chi connectivity index (χ4n) is 4.29. The summed E-state index contributed by atoms with van der Waals surface area (Å²) in [5.74, 6) is -0.178. The van der Waals surface area contributed by atoms with Gasteiger partial charge in [-0.15, -0.1) is 0 Å². The molecule has 172 valence electrons. The van der Waals surface area contributed by atoms with E-state index in [2.05, 4.69) is 4.90 Å². The van der Waals surface area contributed by atoms with Crippen LogP contribution >= 0.6 is 0 Å². The van der Waals surface area contributed by atoms with Crippen molar-refractivity contribution in [1.29, 1.82) is 0 Å². The molecule has 1 amide bonds. The second-order valence-electron chi connectivity index (χ2n) is 8.48. The van der Waals surface area contributed by atoms with Crippen molar-refractivity contribution in [2.75, 3.05) is 31.1 Å². The number of aryl methyl sites for hydroxylation is 1. The number of rotatable bonds is 4. The quantitative estimate of drug-likeness (QED) is 0.486. The number of amides is 1. The number of phenolic OH excluding ortho intramolecular Hbond substituents is 1. The number of benzene rings is 3. The van der Waals surface area contributed by atoms with Gasteiger partial charge in [0.15, 0.2) is 0 Å². The first-order valence-corrected chi connectivity index (χ1v) is 11.2. The van der Waals surface area contributed by atoms with Crippen molar-refractivity contribution >= 4 is 11.6 Å². The maximum atomic E-state index is 13.6. The van der Waals surface area contributed by atoms with Gasteiger partial charge < -0.3 is 14.9 Å². The van der Waals surface area contributed by atoms with Crippen LogP contribution in [0.1, 0.15) is 15.9 Å². The third-order valence-electron chi connectivity index (χ3n) is 6.09. The third kappa shape index (κ3) is 4.37. The van der Waals surface area contributed by atoms with E-state index in [9.17, 15) is 14.3 Å². The molecule has 4 aromatic rings. The van der Waals surface area contributed by atoms with Crippen LogP contribution in [-0.2, 0) is 0 Å². The zero-order valence-electron chi connectivity index (χ0n) is 18.9. The second-order valence-corrected chi connectivity index (χ2v) is 8.48. The molecular weight excluding hydrogens is 431 g/mol. The SMILES string of the molecule is Cc1cccc(-c2nn(-c3ccc(F)cc3)cc2C(=O)N2CCN(c3cccc(O)c3)CC2)c1. The van der Waals surface area contributed by atoms with Gasteiger partial charge in [0, 0.05) is 49.7 Å². The molecule has 1 aromatic heterocycles. The van der Waals surface area contributed by atoms with Crippen LogP contribution in [0.4, 0.5) is 10.1 Å². The summed E-state index contributed by atoms with van der Waals surface area (Å²) in [5.41, 5.74) is 4.68. The minimum absolute atomic E-state index is 0.0829. The molecule has 34 heavy (non-hydrogen) atoms. The Labute approximate surface area is 197 Å². The largest absolute Gasteiger partial charge is 0.508 e. The van der Waals surface area contributed by atoms with E-state index in [1.54, 1.807) is 35.1 Å². The third-order valence-corrected chi connectivity index (χ3v) is 6.09. The predicted octanol–water partition coefficient (Wildman–Crippen LogP) is 4.65. The molecule has 0 atom stereocenters. The number of hydrogen-bond acceptors (Lipinski definition) is 4. The zero-order chi connectivity index (χ0) is 23.7. The summed E-state index contributed by atoms with van der Waals surface area (Å²) < 4.78 is 15.1. The van der Waals surface area contributed by atoms with Crippen molar-refractivity contribution in [3.8, 4) is 22.7 Å². The highest BCUT2D eigenvalue weighted by Crippen LogP contribution is 2.27. The molecule has 1 N–H and O–H groups in total. The fraction of sp³-hybridized carbons (Fsp3) is 0.185. The van der Waals surface area contributed by atoms with Gasteiger partial charge in [-0.1, -0.05) is 29.8 Å². The molecule has 6 nitrogen and oxygen atoms in total. The van der Waals surface area contributed by atoms with Crippen LogP contribution in [-0.4, -0.2) is 51.9 Å². The van der Waals surface area contributed by atoms with Crippen molar-refractivity contribution < 1.29 is 14.3 Å². The summed E-state index contributed by atoms with van der Waals surface area (Å²) in [4.78, 5) is 17.6. The topological polar surface area (TPSA) is 61.6 Å². The summed E-state index contributed by atoms with van der Waals surface area (Å²) in [6.07, 6.45) is 1.73. The first kappa shape index (κ1) is 21.7. The van der Waals surface area contributed by atoms with Crippen LogP contribution in [0.25, 0.3) is 16.9 Å². The van der Waals surface area contributed by atoms with Gasteiger partial charge in [0.05, 0.1) is 11.3 Å². The van der Waals surface area contributed by atoms with Crippen LogP contribution in [0.3, 0.4) is 0 Å². The number of carbonyl (C=O) groups is 1. The molecule has 1 fully saturated rings. The summed E-state index contributed by atoms with van der Waals surface area (Å²) in [5, 5.41) is 14.5. The van der Waals surface area contributed by atoms with Crippen molar-refractivity contribution in [1.82, 2.24) is 14.7 Å². The van der Waals surface area contributed by atoms with Crippen molar-refractivity contribution in [2.24, 2.45) is 0 Å². The van der Waals surface area contributed by atoms with Crippen LogP contribution in [0.5, 0.6) is 5.75 Å². The van der Waals surface area contributed by atoms with E-state index in [1.165, 1.54) is 12.1 Å². The molecule has 1 aliphatic rings. The highest BCUT2D eigenvalue weighted by molar-refractivity contribution is 6.00. The Kier molecular flexibility index (Phi) is 5.76. The highest BCUT2D eigenvalue weighted by atomic mass is 19.1. The molecule has 0 bridgehead atoms. The van der Waals surface area contributed by atoms with Crippen LogP contribution < -0.4 is 4.90 Å². The van der Waals surface area contributed by atoms with Gasteiger partial charge in [0.2, 0.25) is 0 Å². The van der Waals surface area contributed by atoms with Gasteiger partial charge in [0.1, 0.15) is 17.3 Å². The Morgan fingerprint density at radius 3 is 2.35 bits per heavy atom. The smallest absolute Gasteiger partial charge is 0.257 e. The Morgan fingerprint density at radius 2 is 1.65 bits per heavy atom. The highest BCUT2D eigenvalue weighted by Gasteiger charge is 2.27. The Balaban J connectivity index is 1.44. The molecule has 1 aliphatic heterocycles. The number of aromatic hydroxyl groups is 1. The minimum Gasteiger partial charge on any atom is -0.508 e. The molecule has 3 aromatic carbocycles. The molecule has 2 heterocycles. The molecule has 0 unspecified atom stereocenters. The number of anilines is 1. The summed E-state index contributed by atoms with van der Waals surface area (Å²) in [6.45, 7) is 4.46. The molecule has 5 rings (SSSR count). The predicted molar refractivity (Wildman–Crippen MR) is 130 cm³/mol. The minimum atomic E-state index is -0.323. The van der Waals surface area contributed by atoms with E-state index in [-0.39, 0.29) is 17.5 Å². The number of nitrogens with zero attached hydrogens (tertiary/aromatic N) is 4. The van der Waals surface area contributed by atoms with Gasteiger partial charge in [-0.25, -0.2) is 9.07 Å². The number of aromatic nitrogens is 2. The van der Waals surface area contributed by atoms with E-state index in [0.717, 1.165) is 16.8 Å². The first-order valence-electron chi connectivity index (χ1n) is 11.2. The van der Waals surface area contributed by atoms with Gasteiger partial charge in [-0.2, -0.15) is 5.10 Å². The van der Waals surface area contributed by atoms with E-state index in [0.29, 0.717) is 43.1 Å². The van der Waals surface area contributed by atoms with E-state index in [4.69, 9.17) is 5.10 Å². The molecule has 7 heteroatoms. The molecule has 0 aliphatic carbocycles. The standard InChI is InChI=1S/C27H25FN4O2/c1-19-4-2-5-20(16-19)26-25(18-32(29-26)22-10-8-21(28)9-11-22)27(34)31-14-12-30(13-15-31)23-6-3-7-24(33)17-23/h2-11,16-18,33H,12-15H2,1H3. The summed E-state index contributed by atoms with van der Waals surface area (Å²) in [7, 11) is 0. The molecule has 0 radical (unpaired) electrons. The Morgan fingerprint density at radius 1 is 0.912 bits per heavy atom. The van der Waals surface area contributed by atoms with E-state index < -0.39 is 0 Å². The number of phenols is 1. The average Bonchev–Trinajstić information content (AvgIpc) is 3.30. The number of carbonyl (C=O) groups excluding carboxylic acids is 1. The first-order chi connectivity index (χ1) is 16.5. The van der Waals surface area contributed by atoms with Gasteiger partial charge in [-0.05, 0) is 49.4 Å².